The number of rotatable bonds is 4. The molecule has 1 heterocycles. The van der Waals surface area contributed by atoms with Crippen LogP contribution in [-0.2, 0) is 5.41 Å². The minimum Gasteiger partial charge on any atom is -0.310 e. The highest BCUT2D eigenvalue weighted by Crippen LogP contribution is 2.52. The van der Waals surface area contributed by atoms with Crippen molar-refractivity contribution in [2.75, 3.05) is 4.90 Å². The number of benzene rings is 8. The van der Waals surface area contributed by atoms with Crippen molar-refractivity contribution >= 4 is 70.1 Å². The summed E-state index contributed by atoms with van der Waals surface area (Å²) >= 11 is 1.89. The van der Waals surface area contributed by atoms with Gasteiger partial charge in [-0.05, 0) is 110 Å². The molecule has 0 amide bonds. The maximum Gasteiger partial charge on any atom is 0.0468 e. The second-order valence-corrected chi connectivity index (χ2v) is 14.8. The molecule has 0 atom stereocenters. The Labute approximate surface area is 290 Å². The van der Waals surface area contributed by atoms with E-state index >= 15 is 0 Å². The lowest BCUT2D eigenvalue weighted by molar-refractivity contribution is 0.661. The summed E-state index contributed by atoms with van der Waals surface area (Å²) in [7, 11) is 0. The monoisotopic (exact) mass is 643 g/mol. The summed E-state index contributed by atoms with van der Waals surface area (Å²) in [6.45, 7) is 4.78. The van der Waals surface area contributed by atoms with E-state index in [9.17, 15) is 0 Å². The molecule has 0 fully saturated rings. The molecule has 0 unspecified atom stereocenters. The van der Waals surface area contributed by atoms with Crippen molar-refractivity contribution in [2.24, 2.45) is 0 Å². The second kappa shape index (κ2) is 10.7. The molecule has 1 aliphatic rings. The third-order valence-corrected chi connectivity index (χ3v) is 11.8. The Hall–Kier alpha value is -5.70. The van der Waals surface area contributed by atoms with Crippen LogP contribution < -0.4 is 4.90 Å². The Morgan fingerprint density at radius 2 is 1.12 bits per heavy atom. The molecule has 1 nitrogen and oxygen atoms in total. The zero-order valence-electron chi connectivity index (χ0n) is 27.4. The highest BCUT2D eigenvalue weighted by Gasteiger charge is 2.36. The van der Waals surface area contributed by atoms with Gasteiger partial charge in [-0.15, -0.1) is 11.3 Å². The molecule has 0 spiro atoms. The lowest BCUT2D eigenvalue weighted by Crippen LogP contribution is -2.16. The summed E-state index contributed by atoms with van der Waals surface area (Å²) in [5, 5.41) is 7.83. The number of para-hydroxylation sites is 1. The van der Waals surface area contributed by atoms with Gasteiger partial charge >= 0.3 is 0 Å². The van der Waals surface area contributed by atoms with Gasteiger partial charge in [-0.2, -0.15) is 0 Å². The number of thiophene rings is 1. The second-order valence-electron chi connectivity index (χ2n) is 13.8. The summed E-state index contributed by atoms with van der Waals surface area (Å²) in [6, 6.07) is 60.5. The molecular weight excluding hydrogens is 611 g/mol. The van der Waals surface area contributed by atoms with E-state index in [4.69, 9.17) is 0 Å². The van der Waals surface area contributed by atoms with Crippen LogP contribution in [0.2, 0.25) is 0 Å². The number of nitrogens with zero attached hydrogens (tertiary/aromatic N) is 1. The maximum atomic E-state index is 2.46. The van der Waals surface area contributed by atoms with Crippen molar-refractivity contribution in [3.63, 3.8) is 0 Å². The predicted molar refractivity (Wildman–Crippen MR) is 212 cm³/mol. The van der Waals surface area contributed by atoms with Gasteiger partial charge in [0, 0.05) is 42.6 Å². The smallest absolute Gasteiger partial charge is 0.0468 e. The molecule has 1 aliphatic carbocycles. The lowest BCUT2D eigenvalue weighted by atomic mass is 9.81. The van der Waals surface area contributed by atoms with Crippen molar-refractivity contribution < 1.29 is 0 Å². The fourth-order valence-corrected chi connectivity index (χ4v) is 9.38. The summed E-state index contributed by atoms with van der Waals surface area (Å²) in [4.78, 5) is 2.42. The molecule has 232 valence electrons. The van der Waals surface area contributed by atoms with Crippen LogP contribution in [-0.4, -0.2) is 0 Å². The third-order valence-electron chi connectivity index (χ3n) is 10.6. The van der Waals surface area contributed by atoms with Gasteiger partial charge in [-0.25, -0.2) is 0 Å². The first-order valence-corrected chi connectivity index (χ1v) is 17.8. The van der Waals surface area contributed by atoms with Crippen LogP contribution in [0.3, 0.4) is 0 Å². The fraction of sp³-hybridized carbons (Fsp3) is 0.0638. The summed E-state index contributed by atoms with van der Waals surface area (Å²) in [6.07, 6.45) is 0. The Kier molecular flexibility index (Phi) is 6.16. The van der Waals surface area contributed by atoms with Crippen LogP contribution >= 0.6 is 11.3 Å². The normalized spacial score (nSPS) is 13.3. The predicted octanol–water partition coefficient (Wildman–Crippen LogP) is 13.8. The van der Waals surface area contributed by atoms with Gasteiger partial charge < -0.3 is 4.90 Å². The standard InChI is InChI=1S/C47H33NS/c1-47(2)43-28-35(22-24-38(43)41-26-32-21-20-31-14-9-10-17-36(31)40(32)29-44(41)47)48(33-15-7-4-8-16-33)34-23-25-45-42(27-34)39-19-11-18-37(46(39)49-45)30-12-5-3-6-13-30/h3-29H,1-2H3. The van der Waals surface area contributed by atoms with Crippen LogP contribution in [0.5, 0.6) is 0 Å². The zero-order chi connectivity index (χ0) is 32.7. The van der Waals surface area contributed by atoms with Crippen LogP contribution in [0.1, 0.15) is 25.0 Å². The summed E-state index contributed by atoms with van der Waals surface area (Å²) in [5.41, 5.74) is 11.3. The summed E-state index contributed by atoms with van der Waals surface area (Å²) < 4.78 is 2.64. The largest absolute Gasteiger partial charge is 0.310 e. The molecule has 0 aliphatic heterocycles. The fourth-order valence-electron chi connectivity index (χ4n) is 8.16. The van der Waals surface area contributed by atoms with E-state index in [1.165, 1.54) is 80.8 Å². The van der Waals surface area contributed by atoms with E-state index in [1.54, 1.807) is 0 Å². The minimum atomic E-state index is -0.143. The first kappa shape index (κ1) is 28.3. The van der Waals surface area contributed by atoms with E-state index in [2.05, 4.69) is 183 Å². The van der Waals surface area contributed by atoms with E-state index < -0.39 is 0 Å². The number of hydrogen-bond acceptors (Lipinski definition) is 2. The SMILES string of the molecule is CC1(C)c2cc(N(c3ccccc3)c3ccc4sc5c(-c6ccccc6)cccc5c4c3)ccc2-c2cc3ccc4ccccc4c3cc21. The number of hydrogen-bond donors (Lipinski definition) is 0. The Bertz CT molecular complexity index is 2740. The van der Waals surface area contributed by atoms with Gasteiger partial charge in [0.25, 0.3) is 0 Å². The average molecular weight is 644 g/mol. The van der Waals surface area contributed by atoms with E-state index in [1.807, 2.05) is 11.3 Å². The van der Waals surface area contributed by atoms with Gasteiger partial charge in [0.2, 0.25) is 0 Å². The lowest BCUT2D eigenvalue weighted by Gasteiger charge is -2.28. The molecule has 10 rings (SSSR count). The minimum absolute atomic E-state index is 0.143. The van der Waals surface area contributed by atoms with Crippen molar-refractivity contribution in [1.82, 2.24) is 0 Å². The Morgan fingerprint density at radius 1 is 0.429 bits per heavy atom. The molecule has 9 aromatic rings. The van der Waals surface area contributed by atoms with Gasteiger partial charge in [-0.3, -0.25) is 0 Å². The Morgan fingerprint density at radius 3 is 1.98 bits per heavy atom. The van der Waals surface area contributed by atoms with Crippen LogP contribution in [0.25, 0.3) is 64.0 Å². The van der Waals surface area contributed by atoms with Crippen molar-refractivity contribution in [2.45, 2.75) is 19.3 Å². The number of fused-ring (bicyclic) bond motifs is 9. The zero-order valence-corrected chi connectivity index (χ0v) is 28.3. The van der Waals surface area contributed by atoms with Gasteiger partial charge in [0.05, 0.1) is 0 Å². The first-order valence-electron chi connectivity index (χ1n) is 17.0. The van der Waals surface area contributed by atoms with Gasteiger partial charge in [0.1, 0.15) is 0 Å². The molecule has 49 heavy (non-hydrogen) atoms. The highest BCUT2D eigenvalue weighted by atomic mass is 32.1. The molecule has 0 saturated carbocycles. The van der Waals surface area contributed by atoms with Gasteiger partial charge in [0.15, 0.2) is 0 Å². The molecular formula is C47H33NS. The number of anilines is 3. The Balaban J connectivity index is 1.14. The van der Waals surface area contributed by atoms with Crippen molar-refractivity contribution in [3.05, 3.63) is 175 Å². The summed E-state index contributed by atoms with van der Waals surface area (Å²) in [5.74, 6) is 0. The molecule has 2 heteroatoms. The van der Waals surface area contributed by atoms with E-state index in [-0.39, 0.29) is 5.41 Å². The van der Waals surface area contributed by atoms with Crippen LogP contribution in [0.4, 0.5) is 17.1 Å². The van der Waals surface area contributed by atoms with E-state index in [0.717, 1.165) is 11.4 Å². The third kappa shape index (κ3) is 4.31. The quantitative estimate of drug-likeness (QED) is 0.173. The van der Waals surface area contributed by atoms with Gasteiger partial charge in [-0.1, -0.05) is 123 Å². The van der Waals surface area contributed by atoms with Crippen LogP contribution in [0, 0.1) is 0 Å². The molecule has 0 N–H and O–H groups in total. The average Bonchev–Trinajstić information content (AvgIpc) is 3.63. The first-order chi connectivity index (χ1) is 24.0. The molecule has 0 saturated heterocycles. The maximum absolute atomic E-state index is 2.46. The highest BCUT2D eigenvalue weighted by molar-refractivity contribution is 7.26. The molecule has 0 bridgehead atoms. The topological polar surface area (TPSA) is 3.24 Å². The molecule has 0 radical (unpaired) electrons. The van der Waals surface area contributed by atoms with Crippen molar-refractivity contribution in [3.8, 4) is 22.3 Å². The molecule has 8 aromatic carbocycles. The van der Waals surface area contributed by atoms with Crippen LogP contribution in [0.15, 0.2) is 164 Å². The molecule has 1 aromatic heterocycles. The van der Waals surface area contributed by atoms with Crippen molar-refractivity contribution in [1.29, 1.82) is 0 Å². The van der Waals surface area contributed by atoms with E-state index in [0.29, 0.717) is 0 Å².